The lowest BCUT2D eigenvalue weighted by Crippen LogP contribution is -2.32. The maximum Gasteiger partial charge on any atom is 0.320 e. The molecule has 8 heteroatoms. The third kappa shape index (κ3) is 4.24. The molecule has 0 radical (unpaired) electrons. The fraction of sp³-hybridized carbons (Fsp3) is 0.188. The molecule has 7 nitrogen and oxygen atoms in total. The van der Waals surface area contributed by atoms with Crippen molar-refractivity contribution in [1.82, 2.24) is 0 Å². The number of hydrogen-bond donors (Lipinski definition) is 3. The summed E-state index contributed by atoms with van der Waals surface area (Å²) in [6, 6.07) is 12.2. The Bertz CT molecular complexity index is 781. The molecule has 2 aromatic rings. The van der Waals surface area contributed by atoms with Crippen molar-refractivity contribution < 1.29 is 23.1 Å². The van der Waals surface area contributed by atoms with Crippen molar-refractivity contribution in [2.75, 3.05) is 11.4 Å². The smallest absolute Gasteiger partial charge is 0.320 e. The van der Waals surface area contributed by atoms with Gasteiger partial charge in [0.2, 0.25) is 10.9 Å². The highest BCUT2D eigenvalue weighted by Gasteiger charge is 2.15. The van der Waals surface area contributed by atoms with Crippen LogP contribution in [-0.4, -0.2) is 32.6 Å². The van der Waals surface area contributed by atoms with Gasteiger partial charge in [0.1, 0.15) is 11.8 Å². The van der Waals surface area contributed by atoms with Crippen molar-refractivity contribution in [1.29, 1.82) is 0 Å². The highest BCUT2D eigenvalue weighted by molar-refractivity contribution is 7.74. The molecule has 0 bridgehead atoms. The second-order valence-electron chi connectivity index (χ2n) is 5.07. The molecule has 2 rings (SSSR count). The lowest BCUT2D eigenvalue weighted by molar-refractivity contribution is -0.138. The zero-order valence-electron chi connectivity index (χ0n) is 13.0. The highest BCUT2D eigenvalue weighted by atomic mass is 32.2. The minimum atomic E-state index is -2.91. The van der Waals surface area contributed by atoms with E-state index in [2.05, 4.69) is 0 Å². The van der Waals surface area contributed by atoms with E-state index in [1.165, 1.54) is 7.11 Å². The Labute approximate surface area is 141 Å². The zero-order chi connectivity index (χ0) is 17.7. The average molecular weight is 350 g/mol. The molecule has 2 aromatic carbocycles. The largest absolute Gasteiger partial charge is 0.497 e. The van der Waals surface area contributed by atoms with E-state index in [1.54, 1.807) is 48.5 Å². The van der Waals surface area contributed by atoms with Crippen LogP contribution in [0.25, 0.3) is 0 Å². The molecule has 0 saturated carbocycles. The Balaban J connectivity index is 2.30. The predicted molar refractivity (Wildman–Crippen MR) is 91.2 cm³/mol. The molecule has 0 aliphatic heterocycles. The lowest BCUT2D eigenvalue weighted by atomic mass is 10.1. The van der Waals surface area contributed by atoms with E-state index >= 15 is 0 Å². The molecule has 3 N–H and O–H groups in total. The number of ether oxygens (including phenoxy) is 1. The molecule has 0 aliphatic rings. The summed E-state index contributed by atoms with van der Waals surface area (Å²) < 4.78 is 29.6. The molecule has 0 spiro atoms. The van der Waals surface area contributed by atoms with Crippen molar-refractivity contribution in [3.05, 3.63) is 54.1 Å². The molecule has 128 valence electrons. The quantitative estimate of drug-likeness (QED) is 0.650. The fourth-order valence-electron chi connectivity index (χ4n) is 2.19. The van der Waals surface area contributed by atoms with Gasteiger partial charge in [0, 0.05) is 6.07 Å². The van der Waals surface area contributed by atoms with Crippen LogP contribution in [0.1, 0.15) is 5.56 Å². The number of carboxylic acid groups (broad SMARTS) is 1. The first-order valence-electron chi connectivity index (χ1n) is 7.08. The van der Waals surface area contributed by atoms with Crippen molar-refractivity contribution in [2.24, 2.45) is 5.73 Å². The SMILES string of the molecule is COc1cccc(N(c2ccc(C[C@H](N)C(=O)O)cc2)[SH](=O)=O)c1. The van der Waals surface area contributed by atoms with Crippen molar-refractivity contribution in [2.45, 2.75) is 12.5 Å². The Kier molecular flexibility index (Phi) is 5.78. The molecule has 0 saturated heterocycles. The van der Waals surface area contributed by atoms with E-state index in [1.807, 2.05) is 0 Å². The summed E-state index contributed by atoms with van der Waals surface area (Å²) in [4.78, 5) is 10.8. The number of hydrogen-bond acceptors (Lipinski definition) is 5. The third-order valence-electron chi connectivity index (χ3n) is 3.41. The minimum Gasteiger partial charge on any atom is -0.497 e. The fourth-order valence-corrected chi connectivity index (χ4v) is 2.83. The van der Waals surface area contributed by atoms with E-state index in [4.69, 9.17) is 15.6 Å². The first-order valence-corrected chi connectivity index (χ1v) is 8.21. The summed E-state index contributed by atoms with van der Waals surface area (Å²) in [6.07, 6.45) is 0.165. The molecule has 0 amide bonds. The number of thiol groups is 1. The summed E-state index contributed by atoms with van der Waals surface area (Å²) in [5, 5.41) is 8.83. The molecule has 0 fully saturated rings. The van der Waals surface area contributed by atoms with Gasteiger partial charge in [0.25, 0.3) is 0 Å². The summed E-state index contributed by atoms with van der Waals surface area (Å²) in [6.45, 7) is 0. The highest BCUT2D eigenvalue weighted by Crippen LogP contribution is 2.28. The van der Waals surface area contributed by atoms with Crippen molar-refractivity contribution >= 4 is 28.2 Å². The lowest BCUT2D eigenvalue weighted by Gasteiger charge is -2.19. The Morgan fingerprint density at radius 3 is 2.42 bits per heavy atom. The molecule has 0 heterocycles. The van der Waals surface area contributed by atoms with Crippen LogP contribution in [0.5, 0.6) is 5.75 Å². The van der Waals surface area contributed by atoms with Crippen LogP contribution in [0, 0.1) is 0 Å². The summed E-state index contributed by atoms with van der Waals surface area (Å²) in [5.41, 5.74) is 7.09. The van der Waals surface area contributed by atoms with E-state index in [9.17, 15) is 13.2 Å². The molecular formula is C16H18N2O5S. The van der Waals surface area contributed by atoms with E-state index in [0.29, 0.717) is 22.7 Å². The van der Waals surface area contributed by atoms with Gasteiger partial charge in [0.05, 0.1) is 18.5 Å². The Morgan fingerprint density at radius 1 is 1.21 bits per heavy atom. The van der Waals surface area contributed by atoms with Gasteiger partial charge in [-0.15, -0.1) is 0 Å². The van der Waals surface area contributed by atoms with Crippen molar-refractivity contribution in [3.63, 3.8) is 0 Å². The van der Waals surface area contributed by atoms with Crippen LogP contribution >= 0.6 is 0 Å². The summed E-state index contributed by atoms with van der Waals surface area (Å²) in [5.74, 6) is -0.543. The van der Waals surface area contributed by atoms with Gasteiger partial charge in [-0.1, -0.05) is 18.2 Å². The summed E-state index contributed by atoms with van der Waals surface area (Å²) >= 11 is 0. The number of nitrogens with two attached hydrogens (primary N) is 1. The number of rotatable bonds is 7. The average Bonchev–Trinajstić information content (AvgIpc) is 2.56. The number of benzene rings is 2. The number of methoxy groups -OCH3 is 1. The Morgan fingerprint density at radius 2 is 1.88 bits per heavy atom. The number of carboxylic acids is 1. The van der Waals surface area contributed by atoms with E-state index < -0.39 is 22.9 Å². The molecule has 1 atom stereocenters. The van der Waals surface area contributed by atoms with Gasteiger partial charge in [-0.25, -0.2) is 12.7 Å². The van der Waals surface area contributed by atoms with Crippen LogP contribution in [0.15, 0.2) is 48.5 Å². The maximum atomic E-state index is 11.7. The summed E-state index contributed by atoms with van der Waals surface area (Å²) in [7, 11) is -1.41. The Hall–Kier alpha value is -2.58. The van der Waals surface area contributed by atoms with Gasteiger partial charge in [-0.05, 0) is 36.2 Å². The van der Waals surface area contributed by atoms with Crippen LogP contribution in [-0.2, 0) is 22.1 Å². The van der Waals surface area contributed by atoms with Crippen molar-refractivity contribution in [3.8, 4) is 5.75 Å². The molecular weight excluding hydrogens is 332 g/mol. The van der Waals surface area contributed by atoms with Crippen LogP contribution < -0.4 is 14.8 Å². The van der Waals surface area contributed by atoms with Gasteiger partial charge in [-0.2, -0.15) is 0 Å². The molecule has 0 aliphatic carbocycles. The van der Waals surface area contributed by atoms with Gasteiger partial charge in [-0.3, -0.25) is 4.79 Å². The van der Waals surface area contributed by atoms with Gasteiger partial charge in [0.15, 0.2) is 0 Å². The first-order chi connectivity index (χ1) is 11.4. The first kappa shape index (κ1) is 17.8. The maximum absolute atomic E-state index is 11.7. The minimum absolute atomic E-state index is 0.165. The monoisotopic (exact) mass is 350 g/mol. The molecule has 24 heavy (non-hydrogen) atoms. The topological polar surface area (TPSA) is 110 Å². The molecule has 0 unspecified atom stereocenters. The van der Waals surface area contributed by atoms with Crippen LogP contribution in [0.4, 0.5) is 11.4 Å². The predicted octanol–water partition coefficient (Wildman–Crippen LogP) is 1.31. The third-order valence-corrected chi connectivity index (χ3v) is 4.20. The molecule has 0 aromatic heterocycles. The van der Waals surface area contributed by atoms with E-state index in [0.717, 1.165) is 4.31 Å². The second kappa shape index (κ2) is 7.80. The number of nitrogens with zero attached hydrogens (tertiary/aromatic N) is 1. The number of anilines is 2. The van der Waals surface area contributed by atoms with Gasteiger partial charge >= 0.3 is 5.97 Å². The van der Waals surface area contributed by atoms with E-state index in [-0.39, 0.29) is 6.42 Å². The number of aliphatic carboxylic acids is 1. The van der Waals surface area contributed by atoms with Crippen LogP contribution in [0.3, 0.4) is 0 Å². The normalized spacial score (nSPS) is 12.0. The number of carbonyl (C=O) groups is 1. The standard InChI is InChI=1S/C16H18N2O5S/c1-23-14-4-2-3-13(10-14)18(24(21)22)12-7-5-11(6-8-12)9-15(17)16(19)20/h2-8,10,15,24H,9,17H2,1H3,(H,19,20)/t15-/m0/s1. The van der Waals surface area contributed by atoms with Crippen LogP contribution in [0.2, 0.25) is 0 Å². The second-order valence-corrected chi connectivity index (χ2v) is 5.94. The van der Waals surface area contributed by atoms with Gasteiger partial charge < -0.3 is 15.6 Å². The zero-order valence-corrected chi connectivity index (χ0v) is 13.8.